The molecule has 3 rings (SSSR count). The van der Waals surface area contributed by atoms with E-state index in [9.17, 15) is 0 Å². The largest absolute Gasteiger partial charge is 0.497 e. The smallest absolute Gasteiger partial charge is 0.191 e. The van der Waals surface area contributed by atoms with E-state index in [0.717, 1.165) is 70.2 Å². The SMILES string of the molecule is CN=C(NCC1(N(C)C)CCOCC1)NC1CCCN(c2cccc(OC)c2)C1. The molecule has 0 aromatic heterocycles. The average molecular weight is 404 g/mol. The molecular formula is C22H37N5O2. The minimum Gasteiger partial charge on any atom is -0.497 e. The van der Waals surface area contributed by atoms with E-state index < -0.39 is 0 Å². The van der Waals surface area contributed by atoms with Crippen molar-refractivity contribution in [2.45, 2.75) is 37.3 Å². The Morgan fingerprint density at radius 2 is 2.14 bits per heavy atom. The maximum absolute atomic E-state index is 5.59. The number of anilines is 1. The van der Waals surface area contributed by atoms with Gasteiger partial charge in [0.1, 0.15) is 5.75 Å². The second-order valence-electron chi connectivity index (χ2n) is 8.29. The predicted molar refractivity (Wildman–Crippen MR) is 119 cm³/mol. The van der Waals surface area contributed by atoms with Crippen molar-refractivity contribution in [1.29, 1.82) is 0 Å². The topological polar surface area (TPSA) is 61.4 Å². The van der Waals surface area contributed by atoms with Crippen molar-refractivity contribution in [1.82, 2.24) is 15.5 Å². The number of nitrogens with zero attached hydrogens (tertiary/aromatic N) is 3. The minimum absolute atomic E-state index is 0.120. The molecule has 2 aliphatic heterocycles. The zero-order chi connectivity index (χ0) is 20.7. The predicted octanol–water partition coefficient (Wildman–Crippen LogP) is 1.94. The summed E-state index contributed by atoms with van der Waals surface area (Å²) >= 11 is 0. The van der Waals surface area contributed by atoms with Crippen LogP contribution in [0, 0.1) is 0 Å². The number of benzene rings is 1. The summed E-state index contributed by atoms with van der Waals surface area (Å²) in [5.74, 6) is 1.79. The highest BCUT2D eigenvalue weighted by Crippen LogP contribution is 2.26. The van der Waals surface area contributed by atoms with Gasteiger partial charge in [-0.3, -0.25) is 4.99 Å². The van der Waals surface area contributed by atoms with Crippen molar-refractivity contribution >= 4 is 11.6 Å². The second kappa shape index (κ2) is 10.2. The van der Waals surface area contributed by atoms with Gasteiger partial charge in [-0.15, -0.1) is 0 Å². The van der Waals surface area contributed by atoms with Crippen LogP contribution in [0.5, 0.6) is 5.75 Å². The van der Waals surface area contributed by atoms with Crippen LogP contribution in [-0.4, -0.2) is 83.5 Å². The van der Waals surface area contributed by atoms with E-state index in [1.54, 1.807) is 7.11 Å². The number of likely N-dealkylation sites (N-methyl/N-ethyl adjacent to an activating group) is 1. The molecule has 1 aromatic rings. The Labute approximate surface area is 175 Å². The third-order valence-corrected chi connectivity index (χ3v) is 6.36. The van der Waals surface area contributed by atoms with Crippen LogP contribution in [0.3, 0.4) is 0 Å². The van der Waals surface area contributed by atoms with Gasteiger partial charge in [-0.1, -0.05) is 6.07 Å². The zero-order valence-electron chi connectivity index (χ0n) is 18.4. The summed E-state index contributed by atoms with van der Waals surface area (Å²) in [5.41, 5.74) is 1.34. The van der Waals surface area contributed by atoms with Gasteiger partial charge in [0.05, 0.1) is 7.11 Å². The number of methoxy groups -OCH3 is 1. The van der Waals surface area contributed by atoms with Crippen LogP contribution >= 0.6 is 0 Å². The highest BCUT2D eigenvalue weighted by atomic mass is 16.5. The number of aliphatic imine (C=N–C) groups is 1. The molecule has 0 aliphatic carbocycles. The summed E-state index contributed by atoms with van der Waals surface area (Å²) in [6, 6.07) is 8.68. The molecule has 0 saturated carbocycles. The number of nitrogens with one attached hydrogen (secondary N) is 2. The number of guanidine groups is 1. The molecule has 0 radical (unpaired) electrons. The van der Waals surface area contributed by atoms with Gasteiger partial charge < -0.3 is 29.9 Å². The van der Waals surface area contributed by atoms with Gasteiger partial charge in [0, 0.05) is 63.2 Å². The molecular weight excluding hydrogens is 366 g/mol. The van der Waals surface area contributed by atoms with Gasteiger partial charge in [0.2, 0.25) is 0 Å². The van der Waals surface area contributed by atoms with Gasteiger partial charge in [0.25, 0.3) is 0 Å². The first-order chi connectivity index (χ1) is 14.1. The average Bonchev–Trinajstić information content (AvgIpc) is 2.77. The molecule has 2 saturated heterocycles. The first kappa shape index (κ1) is 21.7. The number of hydrogen-bond acceptors (Lipinski definition) is 5. The third-order valence-electron chi connectivity index (χ3n) is 6.36. The van der Waals surface area contributed by atoms with E-state index >= 15 is 0 Å². The highest BCUT2D eigenvalue weighted by Gasteiger charge is 2.35. The Hall–Kier alpha value is -1.99. The summed E-state index contributed by atoms with van der Waals surface area (Å²) < 4.78 is 11.0. The summed E-state index contributed by atoms with van der Waals surface area (Å²) in [7, 11) is 7.89. The van der Waals surface area contributed by atoms with Crippen molar-refractivity contribution in [3.05, 3.63) is 24.3 Å². The number of ether oxygens (including phenoxy) is 2. The van der Waals surface area contributed by atoms with Crippen LogP contribution in [0.4, 0.5) is 5.69 Å². The van der Waals surface area contributed by atoms with Crippen LogP contribution in [0.25, 0.3) is 0 Å². The molecule has 0 spiro atoms. The van der Waals surface area contributed by atoms with Gasteiger partial charge >= 0.3 is 0 Å². The quantitative estimate of drug-likeness (QED) is 0.559. The van der Waals surface area contributed by atoms with E-state index in [1.807, 2.05) is 13.1 Å². The first-order valence-electron chi connectivity index (χ1n) is 10.7. The number of rotatable bonds is 6. The molecule has 2 N–H and O–H groups in total. The lowest BCUT2D eigenvalue weighted by Gasteiger charge is -2.43. The van der Waals surface area contributed by atoms with Crippen LogP contribution in [0.2, 0.25) is 0 Å². The Morgan fingerprint density at radius 3 is 2.83 bits per heavy atom. The number of piperidine rings is 1. The Morgan fingerprint density at radius 1 is 1.34 bits per heavy atom. The van der Waals surface area contributed by atoms with Crippen molar-refractivity contribution in [3.63, 3.8) is 0 Å². The molecule has 29 heavy (non-hydrogen) atoms. The molecule has 7 nitrogen and oxygen atoms in total. The lowest BCUT2D eigenvalue weighted by Crippen LogP contribution is -2.58. The summed E-state index contributed by atoms with van der Waals surface area (Å²) in [6.07, 6.45) is 4.38. The normalized spacial score (nSPS) is 22.4. The summed E-state index contributed by atoms with van der Waals surface area (Å²) in [6.45, 7) is 4.55. The minimum atomic E-state index is 0.120. The molecule has 1 unspecified atom stereocenters. The Bertz CT molecular complexity index is 673. The maximum atomic E-state index is 5.59. The zero-order valence-corrected chi connectivity index (χ0v) is 18.4. The molecule has 2 heterocycles. The molecule has 0 amide bonds. The van der Waals surface area contributed by atoms with E-state index in [-0.39, 0.29) is 5.54 Å². The van der Waals surface area contributed by atoms with E-state index in [1.165, 1.54) is 5.69 Å². The van der Waals surface area contributed by atoms with Crippen molar-refractivity contribution in [2.24, 2.45) is 4.99 Å². The van der Waals surface area contributed by atoms with Crippen LogP contribution in [0.1, 0.15) is 25.7 Å². The fraction of sp³-hybridized carbons (Fsp3) is 0.682. The van der Waals surface area contributed by atoms with Gasteiger partial charge in [-0.05, 0) is 51.9 Å². The standard InChI is InChI=1S/C22H37N5O2/c1-23-21(24-17-22(26(2)3)10-13-29-14-11-22)25-18-7-6-12-27(16-18)19-8-5-9-20(15-19)28-4/h5,8-9,15,18H,6-7,10-14,16-17H2,1-4H3,(H2,23,24,25). The van der Waals surface area contributed by atoms with Gasteiger partial charge in [-0.25, -0.2) is 0 Å². The molecule has 2 fully saturated rings. The van der Waals surface area contributed by atoms with E-state index in [0.29, 0.717) is 6.04 Å². The Kier molecular flexibility index (Phi) is 7.61. The molecule has 162 valence electrons. The van der Waals surface area contributed by atoms with Crippen molar-refractivity contribution in [2.75, 3.05) is 66.0 Å². The van der Waals surface area contributed by atoms with Crippen LogP contribution in [0.15, 0.2) is 29.3 Å². The number of hydrogen-bond donors (Lipinski definition) is 2. The lowest BCUT2D eigenvalue weighted by atomic mass is 9.88. The van der Waals surface area contributed by atoms with E-state index in [2.05, 4.69) is 57.7 Å². The third kappa shape index (κ3) is 5.54. The fourth-order valence-corrected chi connectivity index (χ4v) is 4.31. The molecule has 1 aromatic carbocycles. The maximum Gasteiger partial charge on any atom is 0.191 e. The van der Waals surface area contributed by atoms with Gasteiger partial charge in [0.15, 0.2) is 5.96 Å². The monoisotopic (exact) mass is 403 g/mol. The van der Waals surface area contributed by atoms with Crippen LogP contribution < -0.4 is 20.3 Å². The lowest BCUT2D eigenvalue weighted by molar-refractivity contribution is -0.00503. The first-order valence-corrected chi connectivity index (χ1v) is 10.7. The van der Waals surface area contributed by atoms with Crippen molar-refractivity contribution in [3.8, 4) is 5.75 Å². The molecule has 7 heteroatoms. The van der Waals surface area contributed by atoms with E-state index in [4.69, 9.17) is 9.47 Å². The summed E-state index contributed by atoms with van der Waals surface area (Å²) in [5, 5.41) is 7.23. The van der Waals surface area contributed by atoms with Crippen molar-refractivity contribution < 1.29 is 9.47 Å². The molecule has 2 aliphatic rings. The Balaban J connectivity index is 1.57. The highest BCUT2D eigenvalue weighted by molar-refractivity contribution is 5.80. The molecule has 1 atom stereocenters. The van der Waals surface area contributed by atoms with Crippen LogP contribution in [-0.2, 0) is 4.74 Å². The van der Waals surface area contributed by atoms with Gasteiger partial charge in [-0.2, -0.15) is 0 Å². The fourth-order valence-electron chi connectivity index (χ4n) is 4.31. The second-order valence-corrected chi connectivity index (χ2v) is 8.29. The summed E-state index contributed by atoms with van der Waals surface area (Å²) in [4.78, 5) is 9.25. The molecule has 0 bridgehead atoms.